The number of carbonyl (C=O) groups excluding carboxylic acids is 1. The fourth-order valence-corrected chi connectivity index (χ4v) is 4.71. The third-order valence-electron chi connectivity index (χ3n) is 4.43. The van der Waals surface area contributed by atoms with Crippen molar-refractivity contribution in [2.75, 3.05) is 12.3 Å². The highest BCUT2D eigenvalue weighted by molar-refractivity contribution is 7.89. The molecule has 0 bridgehead atoms. The van der Waals surface area contributed by atoms with Crippen molar-refractivity contribution in [3.05, 3.63) is 34.1 Å². The summed E-state index contributed by atoms with van der Waals surface area (Å²) in [6.45, 7) is 1.42. The lowest BCUT2D eigenvalue weighted by Gasteiger charge is -2.21. The van der Waals surface area contributed by atoms with Crippen LogP contribution in [0.4, 0.5) is 4.39 Å². The topological polar surface area (TPSA) is 63.2 Å². The molecule has 1 aromatic carbocycles. The Bertz CT molecular complexity index is 700. The molecule has 1 fully saturated rings. The first kappa shape index (κ1) is 19.3. The van der Waals surface area contributed by atoms with E-state index in [1.165, 1.54) is 12.1 Å². The Hall–Kier alpha value is -0.980. The number of carbonyl (C=O) groups is 1. The van der Waals surface area contributed by atoms with Crippen LogP contribution in [0.2, 0.25) is 5.02 Å². The molecule has 1 saturated carbocycles. The van der Waals surface area contributed by atoms with Crippen molar-refractivity contribution in [2.45, 2.75) is 45.4 Å². The summed E-state index contributed by atoms with van der Waals surface area (Å²) in [5.74, 6) is -1.25. The first-order valence-electron chi connectivity index (χ1n) is 8.31. The van der Waals surface area contributed by atoms with Gasteiger partial charge in [-0.15, -0.1) is 0 Å². The lowest BCUT2D eigenvalue weighted by atomic mass is 9.91. The molecule has 1 aliphatic carbocycles. The van der Waals surface area contributed by atoms with Crippen molar-refractivity contribution >= 4 is 27.4 Å². The second-order valence-electron chi connectivity index (χ2n) is 6.32. The van der Waals surface area contributed by atoms with Crippen molar-refractivity contribution in [1.29, 1.82) is 0 Å². The Morgan fingerprint density at radius 3 is 2.58 bits per heavy atom. The molecular weight excluding hydrogens is 353 g/mol. The highest BCUT2D eigenvalue weighted by Gasteiger charge is 2.23. The van der Waals surface area contributed by atoms with E-state index >= 15 is 0 Å². The lowest BCUT2D eigenvalue weighted by Crippen LogP contribution is -2.34. The van der Waals surface area contributed by atoms with Gasteiger partial charge in [-0.05, 0) is 42.9 Å². The summed E-state index contributed by atoms with van der Waals surface area (Å²) in [6.07, 6.45) is 5.65. The number of Topliss-reactive ketones (excluding diaryl/α,β-unsaturated/α-hetero) is 1. The van der Waals surface area contributed by atoms with Gasteiger partial charge in [0, 0.05) is 0 Å². The highest BCUT2D eigenvalue weighted by atomic mass is 35.5. The molecule has 2 rings (SSSR count). The average molecular weight is 376 g/mol. The molecule has 24 heavy (non-hydrogen) atoms. The molecule has 134 valence electrons. The minimum atomic E-state index is -3.55. The van der Waals surface area contributed by atoms with E-state index in [-0.39, 0.29) is 22.3 Å². The minimum Gasteiger partial charge on any atom is -0.293 e. The Morgan fingerprint density at radius 1 is 1.29 bits per heavy atom. The first-order valence-corrected chi connectivity index (χ1v) is 10.3. The molecule has 0 saturated heterocycles. The number of hydrogen-bond acceptors (Lipinski definition) is 3. The van der Waals surface area contributed by atoms with Crippen LogP contribution in [-0.4, -0.2) is 26.5 Å². The van der Waals surface area contributed by atoms with E-state index in [1.54, 1.807) is 0 Å². The van der Waals surface area contributed by atoms with Crippen LogP contribution in [0.25, 0.3) is 0 Å². The van der Waals surface area contributed by atoms with Crippen molar-refractivity contribution < 1.29 is 17.6 Å². The molecule has 4 nitrogen and oxygen atoms in total. The van der Waals surface area contributed by atoms with Gasteiger partial charge in [-0.3, -0.25) is 4.79 Å². The average Bonchev–Trinajstić information content (AvgIpc) is 2.55. The summed E-state index contributed by atoms with van der Waals surface area (Å²) >= 11 is 5.79. The summed E-state index contributed by atoms with van der Waals surface area (Å²) in [6, 6.07) is 2.90. The highest BCUT2D eigenvalue weighted by Crippen LogP contribution is 2.25. The number of hydrogen-bond donors (Lipinski definition) is 1. The van der Waals surface area contributed by atoms with E-state index in [1.807, 2.05) is 6.92 Å². The number of nitrogens with one attached hydrogen (secondary N) is 1. The van der Waals surface area contributed by atoms with Gasteiger partial charge in [-0.25, -0.2) is 17.5 Å². The van der Waals surface area contributed by atoms with Gasteiger partial charge in [0.15, 0.2) is 11.6 Å². The maximum absolute atomic E-state index is 14.0. The van der Waals surface area contributed by atoms with Crippen LogP contribution >= 0.6 is 11.6 Å². The number of ketones is 1. The number of halogens is 2. The van der Waals surface area contributed by atoms with E-state index in [0.29, 0.717) is 6.42 Å². The van der Waals surface area contributed by atoms with E-state index in [2.05, 4.69) is 4.72 Å². The van der Waals surface area contributed by atoms with Gasteiger partial charge in [0.25, 0.3) is 0 Å². The van der Waals surface area contributed by atoms with E-state index in [4.69, 9.17) is 11.6 Å². The fraction of sp³-hybridized carbons (Fsp3) is 0.588. The van der Waals surface area contributed by atoms with E-state index in [9.17, 15) is 17.6 Å². The van der Waals surface area contributed by atoms with Crippen LogP contribution in [0.3, 0.4) is 0 Å². The number of sulfonamides is 1. The predicted octanol–water partition coefficient (Wildman–Crippen LogP) is 3.72. The monoisotopic (exact) mass is 375 g/mol. The van der Waals surface area contributed by atoms with Gasteiger partial charge < -0.3 is 0 Å². The first-order chi connectivity index (χ1) is 11.3. The molecule has 7 heteroatoms. The second kappa shape index (κ2) is 8.41. The molecule has 0 aromatic heterocycles. The summed E-state index contributed by atoms with van der Waals surface area (Å²) in [7, 11) is -3.55. The van der Waals surface area contributed by atoms with Gasteiger partial charge in [0.2, 0.25) is 10.0 Å². The normalized spacial score (nSPS) is 16.3. The van der Waals surface area contributed by atoms with E-state index < -0.39 is 28.2 Å². The van der Waals surface area contributed by atoms with Crippen LogP contribution in [0.15, 0.2) is 12.1 Å². The van der Waals surface area contributed by atoms with Gasteiger partial charge >= 0.3 is 0 Å². The summed E-state index contributed by atoms with van der Waals surface area (Å²) in [5.41, 5.74) is 0.564. The molecule has 0 radical (unpaired) electrons. The Balaban J connectivity index is 2.00. The Kier molecular flexibility index (Phi) is 6.78. The number of aryl methyl sites for hydroxylation is 1. The smallest absolute Gasteiger partial charge is 0.212 e. The van der Waals surface area contributed by atoms with Crippen LogP contribution in [0.1, 0.15) is 54.9 Å². The maximum atomic E-state index is 14.0. The molecule has 0 amide bonds. The van der Waals surface area contributed by atoms with Crippen LogP contribution < -0.4 is 4.72 Å². The van der Waals surface area contributed by atoms with Crippen molar-refractivity contribution in [2.24, 2.45) is 5.92 Å². The zero-order chi connectivity index (χ0) is 17.7. The third-order valence-corrected chi connectivity index (χ3v) is 6.20. The maximum Gasteiger partial charge on any atom is 0.212 e. The summed E-state index contributed by atoms with van der Waals surface area (Å²) < 4.78 is 40.6. The molecule has 0 unspecified atom stereocenters. The Morgan fingerprint density at radius 2 is 1.96 bits per heavy atom. The van der Waals surface area contributed by atoms with Gasteiger partial charge in [0.05, 0.1) is 22.9 Å². The zero-order valence-electron chi connectivity index (χ0n) is 13.8. The molecule has 1 aromatic rings. The number of rotatable bonds is 7. The summed E-state index contributed by atoms with van der Waals surface area (Å²) in [5, 5.41) is -0.122. The van der Waals surface area contributed by atoms with Gasteiger partial charge in [0.1, 0.15) is 0 Å². The molecule has 0 spiro atoms. The second-order valence-corrected chi connectivity index (χ2v) is 8.58. The van der Waals surface area contributed by atoms with Crippen molar-refractivity contribution in [3.63, 3.8) is 0 Å². The minimum absolute atomic E-state index is 0.0263. The molecule has 1 aliphatic rings. The van der Waals surface area contributed by atoms with Crippen LogP contribution in [0, 0.1) is 11.7 Å². The van der Waals surface area contributed by atoms with Crippen molar-refractivity contribution in [3.8, 4) is 0 Å². The molecule has 0 heterocycles. The molecule has 0 atom stereocenters. The summed E-state index contributed by atoms with van der Waals surface area (Å²) in [4.78, 5) is 12.2. The van der Waals surface area contributed by atoms with E-state index in [0.717, 1.165) is 37.7 Å². The van der Waals surface area contributed by atoms with Gasteiger partial charge in [-0.1, -0.05) is 37.8 Å². The van der Waals surface area contributed by atoms with Gasteiger partial charge in [-0.2, -0.15) is 0 Å². The SMILES string of the molecule is CCc1cc(Cl)c(F)c(C(=O)CNS(=O)(=O)CC2CCCCC2)c1. The van der Waals surface area contributed by atoms with Crippen LogP contribution in [-0.2, 0) is 16.4 Å². The molecular formula is C17H23ClFNO3S. The predicted molar refractivity (Wildman–Crippen MR) is 93.5 cm³/mol. The Labute approximate surface area is 147 Å². The van der Waals surface area contributed by atoms with Crippen LogP contribution in [0.5, 0.6) is 0 Å². The molecule has 0 aliphatic heterocycles. The largest absolute Gasteiger partial charge is 0.293 e. The quantitative estimate of drug-likeness (QED) is 0.738. The molecule has 1 N–H and O–H groups in total. The lowest BCUT2D eigenvalue weighted by molar-refractivity contribution is 0.0993. The standard InChI is InChI=1S/C17H23ClFNO3S/c1-2-12-8-14(17(19)15(18)9-12)16(21)10-20-24(22,23)11-13-6-4-3-5-7-13/h8-9,13,20H,2-7,10-11H2,1H3. The number of benzene rings is 1. The third kappa shape index (κ3) is 5.26. The van der Waals surface area contributed by atoms with Crippen molar-refractivity contribution in [1.82, 2.24) is 4.72 Å². The zero-order valence-corrected chi connectivity index (χ0v) is 15.4. The fourth-order valence-electron chi connectivity index (χ4n) is 3.05.